The first-order valence-corrected chi connectivity index (χ1v) is 8.82. The monoisotopic (exact) mass is 315 g/mol. The molecule has 3 rings (SSSR count). The fraction of sp³-hybridized carbons (Fsp3) is 0.632. The fourth-order valence-corrected chi connectivity index (χ4v) is 3.73. The van der Waals surface area contributed by atoms with Crippen LogP contribution in [0.1, 0.15) is 49.0 Å². The molecule has 0 aliphatic carbocycles. The van der Waals surface area contributed by atoms with Crippen LogP contribution in [0.15, 0.2) is 24.3 Å². The van der Waals surface area contributed by atoms with Crippen molar-refractivity contribution in [3.05, 3.63) is 35.4 Å². The fourth-order valence-electron chi connectivity index (χ4n) is 3.73. The standard InChI is InChI=1S/C19H29N3O/c1-19(2)14-22(11-8-17(19)20)18(23)16-7-5-6-15(12-16)13-21-9-3-4-10-21/h5-7,12,17H,3-4,8-11,13-14,20H2,1-2H3. The number of amides is 1. The van der Waals surface area contributed by atoms with Crippen LogP contribution in [-0.2, 0) is 6.54 Å². The molecule has 2 saturated heterocycles. The molecule has 23 heavy (non-hydrogen) atoms. The molecule has 2 N–H and O–H groups in total. The third-order valence-electron chi connectivity index (χ3n) is 5.38. The summed E-state index contributed by atoms with van der Waals surface area (Å²) in [5, 5.41) is 0. The Morgan fingerprint density at radius 3 is 2.70 bits per heavy atom. The molecule has 1 atom stereocenters. The lowest BCUT2D eigenvalue weighted by molar-refractivity contribution is 0.0533. The molecule has 0 bridgehead atoms. The van der Waals surface area contributed by atoms with Crippen molar-refractivity contribution in [1.82, 2.24) is 9.80 Å². The van der Waals surface area contributed by atoms with Crippen LogP contribution in [0.2, 0.25) is 0 Å². The van der Waals surface area contributed by atoms with E-state index < -0.39 is 0 Å². The number of hydrogen-bond donors (Lipinski definition) is 1. The van der Waals surface area contributed by atoms with Crippen LogP contribution in [-0.4, -0.2) is 47.9 Å². The third-order valence-corrected chi connectivity index (χ3v) is 5.38. The van der Waals surface area contributed by atoms with E-state index in [9.17, 15) is 4.79 Å². The Kier molecular flexibility index (Phi) is 4.74. The van der Waals surface area contributed by atoms with E-state index in [0.29, 0.717) is 0 Å². The predicted molar refractivity (Wildman–Crippen MR) is 93.2 cm³/mol. The number of rotatable bonds is 3. The Bertz CT molecular complexity index is 563. The molecule has 1 aromatic carbocycles. The van der Waals surface area contributed by atoms with Crippen molar-refractivity contribution in [1.29, 1.82) is 0 Å². The van der Waals surface area contributed by atoms with E-state index in [-0.39, 0.29) is 17.4 Å². The summed E-state index contributed by atoms with van der Waals surface area (Å²) in [6.07, 6.45) is 3.47. The zero-order valence-electron chi connectivity index (χ0n) is 14.4. The number of benzene rings is 1. The highest BCUT2D eigenvalue weighted by Gasteiger charge is 2.35. The maximum absolute atomic E-state index is 12.9. The highest BCUT2D eigenvalue weighted by atomic mass is 16.2. The zero-order chi connectivity index (χ0) is 16.4. The van der Waals surface area contributed by atoms with Gasteiger partial charge in [-0.15, -0.1) is 0 Å². The smallest absolute Gasteiger partial charge is 0.253 e. The number of likely N-dealkylation sites (tertiary alicyclic amines) is 2. The van der Waals surface area contributed by atoms with E-state index in [2.05, 4.69) is 30.9 Å². The predicted octanol–water partition coefficient (Wildman–Crippen LogP) is 2.48. The molecule has 1 unspecified atom stereocenters. The molecule has 1 amide bonds. The van der Waals surface area contributed by atoms with Crippen LogP contribution < -0.4 is 5.73 Å². The van der Waals surface area contributed by atoms with Gasteiger partial charge in [-0.3, -0.25) is 9.69 Å². The van der Waals surface area contributed by atoms with Gasteiger partial charge in [0, 0.05) is 31.2 Å². The van der Waals surface area contributed by atoms with Gasteiger partial charge in [-0.2, -0.15) is 0 Å². The first-order valence-electron chi connectivity index (χ1n) is 8.82. The number of nitrogens with zero attached hydrogens (tertiary/aromatic N) is 2. The van der Waals surface area contributed by atoms with Gasteiger partial charge in [0.15, 0.2) is 0 Å². The second kappa shape index (κ2) is 6.62. The van der Waals surface area contributed by atoms with Gasteiger partial charge in [0.05, 0.1) is 0 Å². The van der Waals surface area contributed by atoms with Gasteiger partial charge in [0.1, 0.15) is 0 Å². The molecule has 126 valence electrons. The van der Waals surface area contributed by atoms with Crippen molar-refractivity contribution in [3.8, 4) is 0 Å². The maximum Gasteiger partial charge on any atom is 0.253 e. The Hall–Kier alpha value is -1.39. The molecule has 4 heteroatoms. The van der Waals surface area contributed by atoms with Gasteiger partial charge in [-0.25, -0.2) is 0 Å². The highest BCUT2D eigenvalue weighted by Crippen LogP contribution is 2.28. The summed E-state index contributed by atoms with van der Waals surface area (Å²) >= 11 is 0. The first kappa shape index (κ1) is 16.5. The van der Waals surface area contributed by atoms with Gasteiger partial charge in [-0.05, 0) is 55.5 Å². The van der Waals surface area contributed by atoms with Gasteiger partial charge < -0.3 is 10.6 Å². The molecular formula is C19H29N3O. The average Bonchev–Trinajstić information content (AvgIpc) is 3.02. The first-order chi connectivity index (χ1) is 11.0. The summed E-state index contributed by atoms with van der Waals surface area (Å²) in [5.74, 6) is 0.147. The van der Waals surface area contributed by atoms with Crippen LogP contribution in [0.3, 0.4) is 0 Å². The van der Waals surface area contributed by atoms with Gasteiger partial charge in [0.25, 0.3) is 5.91 Å². The quantitative estimate of drug-likeness (QED) is 0.932. The molecule has 0 spiro atoms. The number of carbonyl (C=O) groups excluding carboxylic acids is 1. The summed E-state index contributed by atoms with van der Waals surface area (Å²) in [6, 6.07) is 8.33. The van der Waals surface area contributed by atoms with Crippen molar-refractivity contribution in [2.75, 3.05) is 26.2 Å². The van der Waals surface area contributed by atoms with E-state index in [1.165, 1.54) is 31.5 Å². The van der Waals surface area contributed by atoms with Crippen molar-refractivity contribution in [2.45, 2.75) is 45.7 Å². The lowest BCUT2D eigenvalue weighted by atomic mass is 9.79. The Balaban J connectivity index is 1.69. The number of piperidine rings is 1. The molecule has 0 aromatic heterocycles. The van der Waals surface area contributed by atoms with Crippen LogP contribution in [0.4, 0.5) is 0 Å². The molecular weight excluding hydrogens is 286 g/mol. The summed E-state index contributed by atoms with van der Waals surface area (Å²) in [7, 11) is 0. The lowest BCUT2D eigenvalue weighted by Gasteiger charge is -2.42. The summed E-state index contributed by atoms with van der Waals surface area (Å²) in [6.45, 7) is 9.12. The largest absolute Gasteiger partial charge is 0.338 e. The number of carbonyl (C=O) groups is 1. The minimum absolute atomic E-state index is 0.0128. The van der Waals surface area contributed by atoms with E-state index in [0.717, 1.165) is 31.6 Å². The Morgan fingerprint density at radius 2 is 2.00 bits per heavy atom. The molecule has 0 saturated carbocycles. The number of hydrogen-bond acceptors (Lipinski definition) is 3. The molecule has 0 radical (unpaired) electrons. The zero-order valence-corrected chi connectivity index (χ0v) is 14.4. The van der Waals surface area contributed by atoms with Crippen molar-refractivity contribution < 1.29 is 4.79 Å². The summed E-state index contributed by atoms with van der Waals surface area (Å²) in [5.41, 5.74) is 8.23. The highest BCUT2D eigenvalue weighted by molar-refractivity contribution is 5.94. The second-order valence-corrected chi connectivity index (χ2v) is 7.79. The van der Waals surface area contributed by atoms with Crippen molar-refractivity contribution in [2.24, 2.45) is 11.1 Å². The number of nitrogens with two attached hydrogens (primary N) is 1. The van der Waals surface area contributed by atoms with E-state index >= 15 is 0 Å². The topological polar surface area (TPSA) is 49.6 Å². The lowest BCUT2D eigenvalue weighted by Crippen LogP contribution is -2.54. The molecule has 2 aliphatic rings. The maximum atomic E-state index is 12.9. The van der Waals surface area contributed by atoms with E-state index in [1.54, 1.807) is 0 Å². The summed E-state index contributed by atoms with van der Waals surface area (Å²) in [4.78, 5) is 17.3. The van der Waals surface area contributed by atoms with Crippen LogP contribution >= 0.6 is 0 Å². The average molecular weight is 315 g/mol. The van der Waals surface area contributed by atoms with E-state index in [4.69, 9.17) is 5.73 Å². The van der Waals surface area contributed by atoms with Crippen LogP contribution in [0.25, 0.3) is 0 Å². The van der Waals surface area contributed by atoms with Crippen LogP contribution in [0.5, 0.6) is 0 Å². The minimum atomic E-state index is -0.0128. The molecule has 2 fully saturated rings. The van der Waals surface area contributed by atoms with Crippen molar-refractivity contribution in [3.63, 3.8) is 0 Å². The minimum Gasteiger partial charge on any atom is -0.338 e. The SMILES string of the molecule is CC1(C)CN(C(=O)c2cccc(CN3CCCC3)c2)CCC1N. The second-order valence-electron chi connectivity index (χ2n) is 7.79. The molecule has 4 nitrogen and oxygen atoms in total. The molecule has 2 aliphatic heterocycles. The normalized spacial score (nSPS) is 24.8. The van der Waals surface area contributed by atoms with E-state index in [1.807, 2.05) is 17.0 Å². The van der Waals surface area contributed by atoms with Crippen molar-refractivity contribution >= 4 is 5.91 Å². The molecule has 2 heterocycles. The van der Waals surface area contributed by atoms with Gasteiger partial charge in [0.2, 0.25) is 0 Å². The van der Waals surface area contributed by atoms with Crippen LogP contribution in [0, 0.1) is 5.41 Å². The Labute approximate surface area is 139 Å². The van der Waals surface area contributed by atoms with Gasteiger partial charge >= 0.3 is 0 Å². The van der Waals surface area contributed by atoms with Gasteiger partial charge in [-0.1, -0.05) is 26.0 Å². The summed E-state index contributed by atoms with van der Waals surface area (Å²) < 4.78 is 0. The Morgan fingerprint density at radius 1 is 1.26 bits per heavy atom. The third kappa shape index (κ3) is 3.75. The molecule has 1 aromatic rings.